The van der Waals surface area contributed by atoms with Crippen molar-refractivity contribution in [2.45, 2.75) is 38.6 Å². The third kappa shape index (κ3) is 5.57. The molecule has 3 amide bonds. The lowest BCUT2D eigenvalue weighted by molar-refractivity contribution is -0.146. The number of aromatic nitrogens is 2. The number of morpholine rings is 1. The van der Waals surface area contributed by atoms with Crippen molar-refractivity contribution in [3.8, 4) is 0 Å². The predicted octanol–water partition coefficient (Wildman–Crippen LogP) is 3.49. The van der Waals surface area contributed by atoms with Gasteiger partial charge in [0.25, 0.3) is 5.91 Å². The van der Waals surface area contributed by atoms with E-state index < -0.39 is 11.9 Å². The van der Waals surface area contributed by atoms with Crippen LogP contribution < -0.4 is 10.6 Å². The molecule has 13 heteroatoms. The number of nitrogens with zero attached hydrogens (tertiary/aromatic N) is 3. The average molecular weight is 556 g/mol. The van der Waals surface area contributed by atoms with E-state index in [1.165, 1.54) is 18.3 Å². The summed E-state index contributed by atoms with van der Waals surface area (Å²) in [6.45, 7) is 2.68. The highest BCUT2D eigenvalue weighted by atomic mass is 35.5. The minimum absolute atomic E-state index is 0.0190. The highest BCUT2D eigenvalue weighted by Gasteiger charge is 2.34. The number of hydrogen-bond donors (Lipinski definition) is 3. The number of aryl methyl sites for hydroxylation is 1. The van der Waals surface area contributed by atoms with E-state index in [1.54, 1.807) is 13.0 Å². The molecule has 0 radical (unpaired) electrons. The molecule has 3 aromatic heterocycles. The zero-order valence-electron chi connectivity index (χ0n) is 21.0. The number of furan rings is 1. The topological polar surface area (TPSA) is 164 Å². The van der Waals surface area contributed by atoms with E-state index in [0.29, 0.717) is 49.4 Å². The summed E-state index contributed by atoms with van der Waals surface area (Å²) in [5, 5.41) is 15.3. The van der Waals surface area contributed by atoms with Crippen LogP contribution in [0.25, 0.3) is 11.1 Å². The molecule has 0 aromatic carbocycles. The summed E-state index contributed by atoms with van der Waals surface area (Å²) >= 11 is 5.87. The van der Waals surface area contributed by atoms with E-state index in [0.717, 1.165) is 0 Å². The minimum Gasteiger partial charge on any atom is -0.477 e. The van der Waals surface area contributed by atoms with Gasteiger partial charge in [-0.15, -0.1) is 0 Å². The molecule has 4 heterocycles. The van der Waals surface area contributed by atoms with Crippen LogP contribution in [0.1, 0.15) is 52.3 Å². The van der Waals surface area contributed by atoms with E-state index >= 15 is 0 Å². The van der Waals surface area contributed by atoms with Crippen LogP contribution in [-0.2, 0) is 14.3 Å². The third-order valence-corrected chi connectivity index (χ3v) is 7.23. The van der Waals surface area contributed by atoms with Gasteiger partial charge in [0, 0.05) is 24.7 Å². The maximum atomic E-state index is 13.4. The Morgan fingerprint density at radius 1 is 1.15 bits per heavy atom. The van der Waals surface area contributed by atoms with Crippen LogP contribution in [0.2, 0.25) is 5.02 Å². The van der Waals surface area contributed by atoms with Crippen LogP contribution in [0.4, 0.5) is 11.5 Å². The number of halogens is 1. The molecule has 12 nitrogen and oxygen atoms in total. The first-order valence-electron chi connectivity index (χ1n) is 12.5. The number of nitrogens with one attached hydrogen (secondary N) is 2. The molecule has 3 N–H and O–H groups in total. The van der Waals surface area contributed by atoms with Gasteiger partial charge in [-0.05, 0) is 56.4 Å². The molecule has 1 aliphatic heterocycles. The third-order valence-electron chi connectivity index (χ3n) is 7.01. The van der Waals surface area contributed by atoms with E-state index in [2.05, 4.69) is 20.6 Å². The normalized spacial score (nSPS) is 19.6. The standard InChI is InChI=1S/C26H26ClN5O7/c1-13-10-17-21(30-20(13)26(36)37)22(23(39-17)25(35)29-18-7-4-15(27)11-28-18)31-24(34)14-2-5-16(6-3-14)32-8-9-38-12-19(32)33/h4,7,10-11,14,16H,2-3,5-6,8-9,12H2,1H3,(H,31,34)(H,36,37)(H,28,29,35). The molecular weight excluding hydrogens is 530 g/mol. The lowest BCUT2D eigenvalue weighted by Crippen LogP contribution is -2.49. The molecule has 3 aromatic rings. The summed E-state index contributed by atoms with van der Waals surface area (Å²) < 4.78 is 11.0. The highest BCUT2D eigenvalue weighted by Crippen LogP contribution is 2.34. The van der Waals surface area contributed by atoms with Crippen LogP contribution >= 0.6 is 11.6 Å². The number of pyridine rings is 2. The van der Waals surface area contributed by atoms with Gasteiger partial charge >= 0.3 is 5.97 Å². The van der Waals surface area contributed by atoms with Gasteiger partial charge in [-0.25, -0.2) is 14.8 Å². The Hall–Kier alpha value is -4.03. The number of hydrogen-bond acceptors (Lipinski definition) is 8. The summed E-state index contributed by atoms with van der Waals surface area (Å²) in [5.74, 6) is -2.75. The highest BCUT2D eigenvalue weighted by molar-refractivity contribution is 6.30. The van der Waals surface area contributed by atoms with Gasteiger partial charge < -0.3 is 29.8 Å². The number of aromatic carboxylic acids is 1. The quantitative estimate of drug-likeness (QED) is 0.413. The SMILES string of the molecule is Cc1cc2oc(C(=O)Nc3ccc(Cl)cn3)c(NC(=O)C3CCC(N4CCOCC4=O)CC3)c2nc1C(=O)O. The van der Waals surface area contributed by atoms with Gasteiger partial charge in [-0.3, -0.25) is 14.4 Å². The van der Waals surface area contributed by atoms with Crippen LogP contribution in [0.3, 0.4) is 0 Å². The molecule has 39 heavy (non-hydrogen) atoms. The van der Waals surface area contributed by atoms with Crippen molar-refractivity contribution in [1.82, 2.24) is 14.9 Å². The molecule has 5 rings (SSSR count). The van der Waals surface area contributed by atoms with Crippen molar-refractivity contribution in [2.75, 3.05) is 30.4 Å². The monoisotopic (exact) mass is 555 g/mol. The molecule has 0 bridgehead atoms. The first-order valence-corrected chi connectivity index (χ1v) is 12.9. The van der Waals surface area contributed by atoms with Gasteiger partial charge in [0.05, 0.1) is 11.6 Å². The van der Waals surface area contributed by atoms with Gasteiger partial charge in [0.2, 0.25) is 17.6 Å². The molecule has 2 fully saturated rings. The van der Waals surface area contributed by atoms with Crippen LogP contribution in [-0.4, -0.2) is 69.5 Å². The fourth-order valence-electron chi connectivity index (χ4n) is 5.02. The second-order valence-electron chi connectivity index (χ2n) is 9.56. The van der Waals surface area contributed by atoms with Gasteiger partial charge in [-0.2, -0.15) is 0 Å². The summed E-state index contributed by atoms with van der Waals surface area (Å²) in [6, 6.07) is 4.57. The Morgan fingerprint density at radius 2 is 1.92 bits per heavy atom. The Balaban J connectivity index is 1.39. The van der Waals surface area contributed by atoms with E-state index in [1.807, 2.05) is 4.90 Å². The Bertz CT molecular complexity index is 1450. The molecule has 1 aliphatic carbocycles. The zero-order valence-corrected chi connectivity index (χ0v) is 21.8. The molecule has 1 saturated carbocycles. The molecular formula is C26H26ClN5O7. The predicted molar refractivity (Wildman–Crippen MR) is 140 cm³/mol. The van der Waals surface area contributed by atoms with Crippen LogP contribution in [0.5, 0.6) is 0 Å². The molecule has 0 atom stereocenters. The summed E-state index contributed by atoms with van der Waals surface area (Å²) in [7, 11) is 0. The van der Waals surface area contributed by atoms with Gasteiger partial charge in [0.1, 0.15) is 23.6 Å². The second kappa shape index (κ2) is 11.0. The average Bonchev–Trinajstić information content (AvgIpc) is 3.26. The number of ether oxygens (including phenoxy) is 1. The van der Waals surface area contributed by atoms with Crippen molar-refractivity contribution >= 4 is 57.9 Å². The maximum absolute atomic E-state index is 13.4. The van der Waals surface area contributed by atoms with Crippen molar-refractivity contribution < 1.29 is 33.4 Å². The largest absolute Gasteiger partial charge is 0.477 e. The van der Waals surface area contributed by atoms with Crippen LogP contribution in [0, 0.1) is 12.8 Å². The van der Waals surface area contributed by atoms with Crippen molar-refractivity contribution in [1.29, 1.82) is 0 Å². The number of fused-ring (bicyclic) bond motifs is 1. The number of carboxylic acids is 1. The summed E-state index contributed by atoms with van der Waals surface area (Å²) in [4.78, 5) is 60.5. The van der Waals surface area contributed by atoms with Crippen molar-refractivity contribution in [3.05, 3.63) is 46.4 Å². The minimum atomic E-state index is -1.25. The number of carboxylic acid groups (broad SMARTS) is 1. The Morgan fingerprint density at radius 3 is 2.59 bits per heavy atom. The van der Waals surface area contributed by atoms with E-state index in [-0.39, 0.29) is 64.4 Å². The summed E-state index contributed by atoms with van der Waals surface area (Å²) in [6.07, 6.45) is 3.77. The molecule has 0 spiro atoms. The number of anilines is 2. The van der Waals surface area contributed by atoms with Gasteiger partial charge in [0.15, 0.2) is 11.3 Å². The molecule has 0 unspecified atom stereocenters. The van der Waals surface area contributed by atoms with Crippen molar-refractivity contribution in [2.24, 2.45) is 5.92 Å². The number of amides is 3. The van der Waals surface area contributed by atoms with Crippen molar-refractivity contribution in [3.63, 3.8) is 0 Å². The lowest BCUT2D eigenvalue weighted by Gasteiger charge is -2.38. The van der Waals surface area contributed by atoms with Crippen LogP contribution in [0.15, 0.2) is 28.8 Å². The number of rotatable bonds is 6. The van der Waals surface area contributed by atoms with E-state index in [9.17, 15) is 24.3 Å². The smallest absolute Gasteiger partial charge is 0.354 e. The Kier molecular flexibility index (Phi) is 7.49. The first-order chi connectivity index (χ1) is 18.7. The molecule has 1 saturated heterocycles. The maximum Gasteiger partial charge on any atom is 0.354 e. The second-order valence-corrected chi connectivity index (χ2v) is 10.00. The number of carbonyl (C=O) groups is 4. The number of carbonyl (C=O) groups excluding carboxylic acids is 3. The lowest BCUT2D eigenvalue weighted by atomic mass is 9.84. The van der Waals surface area contributed by atoms with E-state index in [4.69, 9.17) is 20.8 Å². The van der Waals surface area contributed by atoms with Gasteiger partial charge in [-0.1, -0.05) is 11.6 Å². The first kappa shape index (κ1) is 26.6. The zero-order chi connectivity index (χ0) is 27.7. The molecule has 2 aliphatic rings. The Labute approximate surface area is 227 Å². The fraction of sp³-hybridized carbons (Fsp3) is 0.385. The fourth-order valence-corrected chi connectivity index (χ4v) is 5.13. The summed E-state index contributed by atoms with van der Waals surface area (Å²) in [5.41, 5.74) is 0.295. The molecule has 204 valence electrons.